The van der Waals surface area contributed by atoms with E-state index < -0.39 is 16.4 Å². The first-order valence-electron chi connectivity index (χ1n) is 6.93. The maximum Gasteiger partial charge on any atom is 0.327 e. The number of nitro groups is 1. The quantitative estimate of drug-likeness (QED) is 0.666. The summed E-state index contributed by atoms with van der Waals surface area (Å²) in [7, 11) is 0. The van der Waals surface area contributed by atoms with Crippen LogP contribution in [0.25, 0.3) is 0 Å². The molecule has 1 unspecified atom stereocenters. The van der Waals surface area contributed by atoms with E-state index in [0.717, 1.165) is 25.5 Å². The summed E-state index contributed by atoms with van der Waals surface area (Å²) in [5.74, 6) is -0.780. The first kappa shape index (κ1) is 14.7. The Morgan fingerprint density at radius 3 is 2.85 bits per heavy atom. The summed E-state index contributed by atoms with van der Waals surface area (Å²) < 4.78 is 13.8. The molecule has 1 aliphatic heterocycles. The molecule has 1 atom stereocenters. The van der Waals surface area contributed by atoms with E-state index in [1.807, 2.05) is 18.7 Å². The molecule has 0 bridgehead atoms. The van der Waals surface area contributed by atoms with E-state index in [9.17, 15) is 14.5 Å². The van der Waals surface area contributed by atoms with Crippen molar-refractivity contribution in [3.63, 3.8) is 0 Å². The molecule has 0 aliphatic carbocycles. The lowest BCUT2D eigenvalue weighted by molar-refractivity contribution is -0.386. The average Bonchev–Trinajstić information content (AvgIpc) is 2.87. The van der Waals surface area contributed by atoms with Crippen LogP contribution >= 0.6 is 0 Å². The molecule has 110 valence electrons. The molecule has 1 saturated heterocycles. The van der Waals surface area contributed by atoms with Crippen LogP contribution in [0, 0.1) is 15.9 Å². The van der Waals surface area contributed by atoms with Crippen LogP contribution in [0.5, 0.6) is 0 Å². The highest BCUT2D eigenvalue weighted by molar-refractivity contribution is 5.64. The SMILES string of the molecule is CC(C)N(CC1CCCN1)c1cccc(F)c1[N+](=O)[O-]. The van der Waals surface area contributed by atoms with E-state index in [1.54, 1.807) is 6.07 Å². The zero-order valence-electron chi connectivity index (χ0n) is 11.8. The standard InChI is InChI=1S/C14H20FN3O2/c1-10(2)17(9-11-5-4-8-16-11)13-7-3-6-12(15)14(13)18(19)20/h3,6-7,10-11,16H,4-5,8-9H2,1-2H3. The molecule has 20 heavy (non-hydrogen) atoms. The number of anilines is 1. The van der Waals surface area contributed by atoms with Gasteiger partial charge in [0, 0.05) is 18.6 Å². The monoisotopic (exact) mass is 281 g/mol. The Morgan fingerprint density at radius 1 is 1.55 bits per heavy atom. The molecule has 0 saturated carbocycles. The summed E-state index contributed by atoms with van der Waals surface area (Å²) in [6.45, 7) is 5.55. The van der Waals surface area contributed by atoms with E-state index in [4.69, 9.17) is 0 Å². The second kappa shape index (κ2) is 6.17. The summed E-state index contributed by atoms with van der Waals surface area (Å²) >= 11 is 0. The predicted molar refractivity (Wildman–Crippen MR) is 76.6 cm³/mol. The van der Waals surface area contributed by atoms with Crippen molar-refractivity contribution in [2.24, 2.45) is 0 Å². The predicted octanol–water partition coefficient (Wildman–Crippen LogP) is 2.70. The van der Waals surface area contributed by atoms with E-state index in [1.165, 1.54) is 6.07 Å². The third kappa shape index (κ3) is 3.07. The minimum Gasteiger partial charge on any atom is -0.362 e. The van der Waals surface area contributed by atoms with Gasteiger partial charge in [0.2, 0.25) is 5.82 Å². The summed E-state index contributed by atoms with van der Waals surface area (Å²) in [5.41, 5.74) is -0.0714. The molecule has 5 nitrogen and oxygen atoms in total. The fourth-order valence-electron chi connectivity index (χ4n) is 2.65. The number of hydrogen-bond donors (Lipinski definition) is 1. The maximum absolute atomic E-state index is 13.8. The normalized spacial score (nSPS) is 18.5. The molecule has 1 aromatic rings. The lowest BCUT2D eigenvalue weighted by Gasteiger charge is -2.31. The minimum absolute atomic E-state index is 0.0675. The van der Waals surface area contributed by atoms with Gasteiger partial charge in [-0.2, -0.15) is 4.39 Å². The molecular formula is C14H20FN3O2. The Hall–Kier alpha value is -1.69. The number of para-hydroxylation sites is 1. The Balaban J connectivity index is 2.33. The van der Waals surface area contributed by atoms with Gasteiger partial charge in [-0.25, -0.2) is 0 Å². The van der Waals surface area contributed by atoms with Crippen LogP contribution in [0.2, 0.25) is 0 Å². The van der Waals surface area contributed by atoms with Crippen LogP contribution in [-0.4, -0.2) is 30.1 Å². The van der Waals surface area contributed by atoms with Gasteiger partial charge in [0.05, 0.1) is 4.92 Å². The van der Waals surface area contributed by atoms with Crippen molar-refractivity contribution >= 4 is 11.4 Å². The highest BCUT2D eigenvalue weighted by atomic mass is 19.1. The fraction of sp³-hybridized carbons (Fsp3) is 0.571. The molecule has 2 rings (SSSR count). The topological polar surface area (TPSA) is 58.4 Å². The van der Waals surface area contributed by atoms with Gasteiger partial charge in [-0.1, -0.05) is 6.07 Å². The number of nitrogens with one attached hydrogen (secondary N) is 1. The van der Waals surface area contributed by atoms with Gasteiger partial charge in [-0.05, 0) is 45.4 Å². The van der Waals surface area contributed by atoms with Crippen molar-refractivity contribution in [3.05, 3.63) is 34.1 Å². The zero-order valence-corrected chi connectivity index (χ0v) is 11.8. The number of nitrogens with zero attached hydrogens (tertiary/aromatic N) is 2. The van der Waals surface area contributed by atoms with Crippen molar-refractivity contribution < 1.29 is 9.31 Å². The third-order valence-electron chi connectivity index (χ3n) is 3.66. The van der Waals surface area contributed by atoms with Gasteiger partial charge in [0.25, 0.3) is 0 Å². The molecule has 1 aliphatic rings. The minimum atomic E-state index is -0.780. The van der Waals surface area contributed by atoms with Gasteiger partial charge in [-0.3, -0.25) is 10.1 Å². The molecule has 6 heteroatoms. The first-order chi connectivity index (χ1) is 9.50. The van der Waals surface area contributed by atoms with Crippen LogP contribution in [-0.2, 0) is 0 Å². The molecule has 0 radical (unpaired) electrons. The van der Waals surface area contributed by atoms with Gasteiger partial charge in [-0.15, -0.1) is 0 Å². The fourth-order valence-corrected chi connectivity index (χ4v) is 2.65. The molecule has 1 heterocycles. The lowest BCUT2D eigenvalue weighted by atomic mass is 10.1. The molecule has 1 fully saturated rings. The van der Waals surface area contributed by atoms with Crippen LogP contribution in [0.15, 0.2) is 18.2 Å². The average molecular weight is 281 g/mol. The summed E-state index contributed by atoms with van der Waals surface area (Å²) in [4.78, 5) is 12.4. The van der Waals surface area contributed by atoms with E-state index in [-0.39, 0.29) is 6.04 Å². The Labute approximate surface area is 117 Å². The molecular weight excluding hydrogens is 261 g/mol. The van der Waals surface area contributed by atoms with Crippen molar-refractivity contribution in [2.75, 3.05) is 18.0 Å². The molecule has 1 N–H and O–H groups in total. The number of benzene rings is 1. The second-order valence-corrected chi connectivity index (χ2v) is 5.40. The number of halogens is 1. The largest absolute Gasteiger partial charge is 0.362 e. The first-order valence-corrected chi connectivity index (χ1v) is 6.93. The van der Waals surface area contributed by atoms with Crippen molar-refractivity contribution in [1.82, 2.24) is 5.32 Å². The second-order valence-electron chi connectivity index (χ2n) is 5.40. The number of nitro benzene ring substituents is 1. The maximum atomic E-state index is 13.8. The highest BCUT2D eigenvalue weighted by Gasteiger charge is 2.28. The van der Waals surface area contributed by atoms with Crippen molar-refractivity contribution in [1.29, 1.82) is 0 Å². The molecule has 0 amide bonds. The van der Waals surface area contributed by atoms with Gasteiger partial charge in [0.1, 0.15) is 5.69 Å². The van der Waals surface area contributed by atoms with Gasteiger partial charge in [0.15, 0.2) is 0 Å². The summed E-state index contributed by atoms with van der Waals surface area (Å²) in [6.07, 6.45) is 2.16. The number of hydrogen-bond acceptors (Lipinski definition) is 4. The van der Waals surface area contributed by atoms with Crippen LogP contribution < -0.4 is 10.2 Å². The summed E-state index contributed by atoms with van der Waals surface area (Å²) in [5, 5.41) is 14.5. The smallest absolute Gasteiger partial charge is 0.327 e. The van der Waals surface area contributed by atoms with E-state index >= 15 is 0 Å². The van der Waals surface area contributed by atoms with Crippen LogP contribution in [0.3, 0.4) is 0 Å². The molecule has 1 aromatic carbocycles. The van der Waals surface area contributed by atoms with Crippen LogP contribution in [0.4, 0.5) is 15.8 Å². The lowest BCUT2D eigenvalue weighted by Crippen LogP contribution is -2.41. The highest BCUT2D eigenvalue weighted by Crippen LogP contribution is 2.32. The van der Waals surface area contributed by atoms with Crippen molar-refractivity contribution in [2.45, 2.75) is 38.8 Å². The van der Waals surface area contributed by atoms with Gasteiger partial charge >= 0.3 is 5.69 Å². The van der Waals surface area contributed by atoms with E-state index in [2.05, 4.69) is 5.32 Å². The summed E-state index contributed by atoms with van der Waals surface area (Å²) in [6, 6.07) is 4.65. The molecule has 0 aromatic heterocycles. The third-order valence-corrected chi connectivity index (χ3v) is 3.66. The van der Waals surface area contributed by atoms with Crippen LogP contribution in [0.1, 0.15) is 26.7 Å². The Kier molecular flexibility index (Phi) is 4.54. The Morgan fingerprint density at radius 2 is 2.30 bits per heavy atom. The number of rotatable bonds is 5. The Bertz CT molecular complexity index is 487. The molecule has 0 spiro atoms. The van der Waals surface area contributed by atoms with Gasteiger partial charge < -0.3 is 10.2 Å². The van der Waals surface area contributed by atoms with Crippen molar-refractivity contribution in [3.8, 4) is 0 Å². The van der Waals surface area contributed by atoms with E-state index in [0.29, 0.717) is 18.3 Å². The zero-order chi connectivity index (χ0) is 14.7.